The molecule has 1 amide bonds. The van der Waals surface area contributed by atoms with Crippen LogP contribution in [0.5, 0.6) is 5.75 Å². The second kappa shape index (κ2) is 8.27. The first-order chi connectivity index (χ1) is 12.3. The molecule has 0 saturated heterocycles. The Labute approximate surface area is 151 Å². The monoisotopic (exact) mass is 383 g/mol. The van der Waals surface area contributed by atoms with Gasteiger partial charge in [-0.15, -0.1) is 0 Å². The van der Waals surface area contributed by atoms with Gasteiger partial charge in [-0.3, -0.25) is 4.79 Å². The van der Waals surface area contributed by atoms with Gasteiger partial charge in [0.1, 0.15) is 5.75 Å². The van der Waals surface area contributed by atoms with Gasteiger partial charge in [-0.25, -0.2) is 8.42 Å². The molecule has 0 unspecified atom stereocenters. The summed E-state index contributed by atoms with van der Waals surface area (Å²) in [7, 11) is -3.11. The summed E-state index contributed by atoms with van der Waals surface area (Å²) >= 11 is 0. The number of rotatable bonds is 7. The fraction of sp³-hybridized carbons (Fsp3) is 0.278. The predicted octanol–water partition coefficient (Wildman–Crippen LogP) is 3.35. The molecule has 0 saturated carbocycles. The van der Waals surface area contributed by atoms with Crippen LogP contribution in [0.25, 0.3) is 0 Å². The lowest BCUT2D eigenvalue weighted by Crippen LogP contribution is -2.30. The molecule has 26 heavy (non-hydrogen) atoms. The van der Waals surface area contributed by atoms with Crippen LogP contribution in [0.15, 0.2) is 53.4 Å². The molecule has 0 aliphatic carbocycles. The molecule has 5 nitrogen and oxygen atoms in total. The largest absolute Gasteiger partial charge is 0.497 e. The van der Waals surface area contributed by atoms with Gasteiger partial charge in [0.2, 0.25) is 9.84 Å². The highest BCUT2D eigenvalue weighted by molar-refractivity contribution is 7.91. The minimum atomic E-state index is -4.67. The van der Waals surface area contributed by atoms with Crippen molar-refractivity contribution >= 4 is 15.7 Å². The van der Waals surface area contributed by atoms with E-state index < -0.39 is 20.5 Å². The van der Waals surface area contributed by atoms with E-state index in [-0.39, 0.29) is 11.5 Å². The molecule has 0 aromatic heterocycles. The Bertz CT molecular complexity index is 850. The number of hydrogen-bond donors (Lipinski definition) is 0. The van der Waals surface area contributed by atoms with Crippen molar-refractivity contribution in [3.63, 3.8) is 0 Å². The number of nitrogens with zero attached hydrogens (tertiary/aromatic N) is 1. The molecule has 0 fully saturated rings. The number of halogens is 2. The lowest BCUT2D eigenvalue weighted by atomic mass is 10.1. The molecule has 2 rings (SSSR count). The summed E-state index contributed by atoms with van der Waals surface area (Å²) < 4.78 is 53.1. The number of benzene rings is 2. The highest BCUT2D eigenvalue weighted by Crippen LogP contribution is 2.20. The van der Waals surface area contributed by atoms with E-state index in [0.717, 1.165) is 17.7 Å². The Balaban J connectivity index is 2.17. The number of ether oxygens (including phenoxy) is 1. The van der Waals surface area contributed by atoms with E-state index in [4.69, 9.17) is 4.74 Å². The zero-order valence-corrected chi connectivity index (χ0v) is 15.2. The van der Waals surface area contributed by atoms with E-state index in [9.17, 15) is 22.0 Å². The van der Waals surface area contributed by atoms with Crippen molar-refractivity contribution in [2.24, 2.45) is 0 Å². The van der Waals surface area contributed by atoms with Crippen molar-refractivity contribution in [1.29, 1.82) is 0 Å². The Morgan fingerprint density at radius 1 is 1.08 bits per heavy atom. The third kappa shape index (κ3) is 4.37. The molecule has 0 bridgehead atoms. The van der Waals surface area contributed by atoms with Crippen molar-refractivity contribution in [3.8, 4) is 5.75 Å². The van der Waals surface area contributed by atoms with Crippen molar-refractivity contribution in [2.75, 3.05) is 13.7 Å². The summed E-state index contributed by atoms with van der Waals surface area (Å²) in [6.45, 7) is 2.61. The second-order valence-corrected chi connectivity index (χ2v) is 7.42. The summed E-state index contributed by atoms with van der Waals surface area (Å²) in [5, 5.41) is 0. The van der Waals surface area contributed by atoms with E-state index in [2.05, 4.69) is 0 Å². The van der Waals surface area contributed by atoms with Gasteiger partial charge in [0.15, 0.2) is 0 Å². The van der Waals surface area contributed by atoms with Crippen LogP contribution in [0.2, 0.25) is 0 Å². The standard InChI is InChI=1S/C18H19F2NO4S/c1-3-21(12-13-4-8-15(25-2)9-5-13)17(22)14-6-10-16(11-7-14)26(23,24)18(19)20/h4-11,18H,3,12H2,1-2H3. The first kappa shape index (κ1) is 19.8. The highest BCUT2D eigenvalue weighted by Gasteiger charge is 2.26. The zero-order chi connectivity index (χ0) is 19.3. The third-order valence-corrected chi connectivity index (χ3v) is 5.26. The third-order valence-electron chi connectivity index (χ3n) is 3.87. The number of sulfone groups is 1. The average Bonchev–Trinajstić information content (AvgIpc) is 2.66. The van der Waals surface area contributed by atoms with E-state index in [1.165, 1.54) is 12.1 Å². The normalized spacial score (nSPS) is 11.4. The molecular formula is C18H19F2NO4S. The van der Waals surface area contributed by atoms with Gasteiger partial charge in [0.25, 0.3) is 5.91 Å². The van der Waals surface area contributed by atoms with Crippen LogP contribution in [0, 0.1) is 0 Å². The maximum atomic E-state index is 12.6. The quantitative estimate of drug-likeness (QED) is 0.736. The Hall–Kier alpha value is -2.48. The van der Waals surface area contributed by atoms with Crippen LogP contribution in [-0.2, 0) is 16.4 Å². The van der Waals surface area contributed by atoms with Gasteiger partial charge in [0.05, 0.1) is 12.0 Å². The first-order valence-corrected chi connectivity index (χ1v) is 9.38. The smallest absolute Gasteiger partial charge is 0.341 e. The highest BCUT2D eigenvalue weighted by atomic mass is 32.2. The molecule has 2 aromatic carbocycles. The summed E-state index contributed by atoms with van der Waals surface area (Å²) in [6.07, 6.45) is 0. The predicted molar refractivity (Wildman–Crippen MR) is 93.0 cm³/mol. The summed E-state index contributed by atoms with van der Waals surface area (Å²) in [4.78, 5) is 13.7. The van der Waals surface area contributed by atoms with Crippen molar-refractivity contribution < 1.29 is 26.7 Å². The van der Waals surface area contributed by atoms with E-state index in [1.54, 1.807) is 24.1 Å². The van der Waals surface area contributed by atoms with Gasteiger partial charge < -0.3 is 9.64 Å². The molecule has 2 aromatic rings. The average molecular weight is 383 g/mol. The first-order valence-electron chi connectivity index (χ1n) is 7.84. The van der Waals surface area contributed by atoms with Gasteiger partial charge >= 0.3 is 5.76 Å². The van der Waals surface area contributed by atoms with Crippen LogP contribution in [0.1, 0.15) is 22.8 Å². The fourth-order valence-corrected chi connectivity index (χ4v) is 3.07. The maximum absolute atomic E-state index is 12.6. The van der Waals surface area contributed by atoms with Crippen LogP contribution in [0.3, 0.4) is 0 Å². The van der Waals surface area contributed by atoms with Gasteiger partial charge in [-0.1, -0.05) is 12.1 Å². The zero-order valence-electron chi connectivity index (χ0n) is 14.4. The molecule has 140 valence electrons. The fourth-order valence-electron chi connectivity index (χ4n) is 2.35. The van der Waals surface area contributed by atoms with Crippen molar-refractivity contribution in [1.82, 2.24) is 4.90 Å². The molecule has 0 aliphatic heterocycles. The summed E-state index contributed by atoms with van der Waals surface area (Å²) in [6, 6.07) is 11.8. The molecule has 0 radical (unpaired) electrons. The number of amides is 1. The lowest BCUT2D eigenvalue weighted by molar-refractivity contribution is 0.0752. The second-order valence-electron chi connectivity index (χ2n) is 5.50. The SMILES string of the molecule is CCN(Cc1ccc(OC)cc1)C(=O)c1ccc(S(=O)(=O)C(F)F)cc1. The lowest BCUT2D eigenvalue weighted by Gasteiger charge is -2.21. The van der Waals surface area contributed by atoms with Crippen LogP contribution >= 0.6 is 0 Å². The molecular weight excluding hydrogens is 364 g/mol. The van der Waals surface area contributed by atoms with E-state index in [1.807, 2.05) is 19.1 Å². The minimum Gasteiger partial charge on any atom is -0.497 e. The van der Waals surface area contributed by atoms with Gasteiger partial charge in [-0.2, -0.15) is 8.78 Å². The molecule has 0 aliphatic rings. The van der Waals surface area contributed by atoms with Crippen LogP contribution in [-0.4, -0.2) is 38.6 Å². The van der Waals surface area contributed by atoms with E-state index >= 15 is 0 Å². The molecule has 0 atom stereocenters. The Kier molecular flexibility index (Phi) is 6.31. The number of carbonyl (C=O) groups excluding carboxylic acids is 1. The van der Waals surface area contributed by atoms with Gasteiger partial charge in [0, 0.05) is 18.7 Å². The Morgan fingerprint density at radius 3 is 2.12 bits per heavy atom. The molecule has 0 spiro atoms. The molecule has 0 heterocycles. The van der Waals surface area contributed by atoms with Crippen molar-refractivity contribution in [3.05, 3.63) is 59.7 Å². The number of hydrogen-bond acceptors (Lipinski definition) is 4. The number of carbonyl (C=O) groups is 1. The topological polar surface area (TPSA) is 63.7 Å². The summed E-state index contributed by atoms with van der Waals surface area (Å²) in [5.41, 5.74) is 1.13. The Morgan fingerprint density at radius 2 is 1.65 bits per heavy atom. The molecule has 0 N–H and O–H groups in total. The van der Waals surface area contributed by atoms with Gasteiger partial charge in [-0.05, 0) is 48.9 Å². The summed E-state index contributed by atoms with van der Waals surface area (Å²) in [5.74, 6) is -3.10. The van der Waals surface area contributed by atoms with Crippen molar-refractivity contribution in [2.45, 2.75) is 24.1 Å². The van der Waals surface area contributed by atoms with Crippen LogP contribution < -0.4 is 4.74 Å². The van der Waals surface area contributed by atoms with E-state index in [0.29, 0.717) is 18.8 Å². The minimum absolute atomic E-state index is 0.230. The number of alkyl halides is 2. The van der Waals surface area contributed by atoms with Crippen LogP contribution in [0.4, 0.5) is 8.78 Å². The molecule has 8 heteroatoms. The number of methoxy groups -OCH3 is 1. The maximum Gasteiger partial charge on any atom is 0.341 e.